The summed E-state index contributed by atoms with van der Waals surface area (Å²) in [6.45, 7) is 2.15. The third-order valence-electron chi connectivity index (χ3n) is 2.20. The summed E-state index contributed by atoms with van der Waals surface area (Å²) < 4.78 is 5.18. The molecule has 0 radical (unpaired) electrons. The van der Waals surface area contributed by atoms with Crippen LogP contribution >= 0.6 is 0 Å². The van der Waals surface area contributed by atoms with E-state index in [0.717, 1.165) is 0 Å². The molecule has 5 heteroatoms. The summed E-state index contributed by atoms with van der Waals surface area (Å²) in [5, 5.41) is 17.5. The van der Waals surface area contributed by atoms with Crippen LogP contribution in [0.4, 0.5) is 0 Å². The van der Waals surface area contributed by atoms with Gasteiger partial charge in [0.2, 0.25) is 0 Å². The number of carboxylic acids is 2. The van der Waals surface area contributed by atoms with E-state index in [1.165, 1.54) is 6.07 Å². The molecule has 0 bridgehead atoms. The van der Waals surface area contributed by atoms with Gasteiger partial charge in [0, 0.05) is 6.42 Å². The number of benzene rings is 1. The molecule has 2 N–H and O–H groups in total. The van der Waals surface area contributed by atoms with Crippen molar-refractivity contribution in [2.75, 3.05) is 6.61 Å². The average Bonchev–Trinajstić information content (AvgIpc) is 2.27. The fraction of sp³-hybridized carbons (Fsp3) is 0.333. The first-order valence-electron chi connectivity index (χ1n) is 5.25. The molecule has 5 nitrogen and oxygen atoms in total. The number of aryl methyl sites for hydroxylation is 1. The zero-order valence-corrected chi connectivity index (χ0v) is 9.47. The van der Waals surface area contributed by atoms with Gasteiger partial charge in [-0.2, -0.15) is 0 Å². The molecule has 1 rings (SSSR count). The SMILES string of the molecule is CCOc1ccc(CCC(=O)O)cc1C(=O)O. The Hall–Kier alpha value is -2.04. The Labute approximate surface area is 98.6 Å². The Kier molecular flexibility index (Phi) is 4.51. The summed E-state index contributed by atoms with van der Waals surface area (Å²) in [6.07, 6.45) is 0.287. The van der Waals surface area contributed by atoms with E-state index in [2.05, 4.69) is 0 Å². The first-order chi connectivity index (χ1) is 8.04. The Morgan fingerprint density at radius 1 is 1.29 bits per heavy atom. The van der Waals surface area contributed by atoms with Crippen molar-refractivity contribution in [2.24, 2.45) is 0 Å². The quantitative estimate of drug-likeness (QED) is 0.789. The van der Waals surface area contributed by atoms with E-state index >= 15 is 0 Å². The van der Waals surface area contributed by atoms with Crippen LogP contribution in [-0.2, 0) is 11.2 Å². The third-order valence-corrected chi connectivity index (χ3v) is 2.20. The van der Waals surface area contributed by atoms with Gasteiger partial charge in [-0.3, -0.25) is 4.79 Å². The molecular weight excluding hydrogens is 224 g/mol. The number of ether oxygens (including phenoxy) is 1. The van der Waals surface area contributed by atoms with Crippen LogP contribution in [0.5, 0.6) is 5.75 Å². The van der Waals surface area contributed by atoms with E-state index in [-0.39, 0.29) is 12.0 Å². The van der Waals surface area contributed by atoms with Crippen LogP contribution in [0.25, 0.3) is 0 Å². The Bertz CT molecular complexity index is 425. The minimum absolute atomic E-state index is 0.0208. The molecule has 0 saturated heterocycles. The molecule has 0 spiro atoms. The first kappa shape index (κ1) is 13.0. The van der Waals surface area contributed by atoms with Gasteiger partial charge in [-0.25, -0.2) is 4.79 Å². The highest BCUT2D eigenvalue weighted by molar-refractivity contribution is 5.91. The van der Waals surface area contributed by atoms with Crippen LogP contribution in [0.3, 0.4) is 0 Å². The van der Waals surface area contributed by atoms with Gasteiger partial charge in [0.25, 0.3) is 0 Å². The number of hydrogen-bond acceptors (Lipinski definition) is 3. The summed E-state index contributed by atoms with van der Waals surface area (Å²) in [4.78, 5) is 21.4. The lowest BCUT2D eigenvalue weighted by atomic mass is 10.1. The summed E-state index contributed by atoms with van der Waals surface area (Å²) in [5.74, 6) is -1.68. The maximum atomic E-state index is 11.0. The van der Waals surface area contributed by atoms with Crippen molar-refractivity contribution in [3.63, 3.8) is 0 Å². The molecule has 0 amide bonds. The van der Waals surface area contributed by atoms with Crippen molar-refractivity contribution in [1.82, 2.24) is 0 Å². The molecule has 0 aliphatic carbocycles. The van der Waals surface area contributed by atoms with Gasteiger partial charge in [0.15, 0.2) is 0 Å². The largest absolute Gasteiger partial charge is 0.493 e. The summed E-state index contributed by atoms with van der Waals surface area (Å²) in [7, 11) is 0. The molecule has 0 aliphatic heterocycles. The topological polar surface area (TPSA) is 83.8 Å². The Morgan fingerprint density at radius 3 is 2.53 bits per heavy atom. The average molecular weight is 238 g/mol. The molecule has 1 aromatic rings. The molecule has 0 heterocycles. The van der Waals surface area contributed by atoms with E-state index in [1.54, 1.807) is 19.1 Å². The van der Waals surface area contributed by atoms with Crippen LogP contribution < -0.4 is 4.74 Å². The van der Waals surface area contributed by atoms with E-state index in [4.69, 9.17) is 14.9 Å². The lowest BCUT2D eigenvalue weighted by Crippen LogP contribution is -2.04. The lowest BCUT2D eigenvalue weighted by molar-refractivity contribution is -0.136. The molecule has 0 saturated carbocycles. The van der Waals surface area contributed by atoms with Gasteiger partial charge in [-0.05, 0) is 31.0 Å². The van der Waals surface area contributed by atoms with Crippen molar-refractivity contribution in [3.05, 3.63) is 29.3 Å². The standard InChI is InChI=1S/C12H14O5/c1-2-17-10-5-3-8(4-6-11(13)14)7-9(10)12(15)16/h3,5,7H,2,4,6H2,1H3,(H,13,14)(H,15,16). The fourth-order valence-electron chi connectivity index (χ4n) is 1.43. The van der Waals surface area contributed by atoms with Gasteiger partial charge in [-0.15, -0.1) is 0 Å². The maximum Gasteiger partial charge on any atom is 0.339 e. The van der Waals surface area contributed by atoms with Crippen molar-refractivity contribution < 1.29 is 24.5 Å². The number of rotatable bonds is 6. The van der Waals surface area contributed by atoms with Gasteiger partial charge >= 0.3 is 11.9 Å². The molecule has 0 fully saturated rings. The number of carbonyl (C=O) groups is 2. The molecular formula is C12H14O5. The van der Waals surface area contributed by atoms with Gasteiger partial charge in [-0.1, -0.05) is 6.07 Å². The van der Waals surface area contributed by atoms with Crippen molar-refractivity contribution in [3.8, 4) is 5.75 Å². The molecule has 0 aliphatic rings. The number of carboxylic acid groups (broad SMARTS) is 2. The fourth-order valence-corrected chi connectivity index (χ4v) is 1.43. The van der Waals surface area contributed by atoms with Gasteiger partial charge in [0.05, 0.1) is 6.61 Å². The Balaban J connectivity index is 2.92. The monoisotopic (exact) mass is 238 g/mol. The summed E-state index contributed by atoms with van der Waals surface area (Å²) in [5.41, 5.74) is 0.739. The van der Waals surface area contributed by atoms with Crippen LogP contribution in [0.1, 0.15) is 29.3 Å². The highest BCUT2D eigenvalue weighted by Gasteiger charge is 2.12. The molecule has 1 aromatic carbocycles. The van der Waals surface area contributed by atoms with Gasteiger partial charge < -0.3 is 14.9 Å². The third kappa shape index (κ3) is 3.79. The van der Waals surface area contributed by atoms with Crippen molar-refractivity contribution in [1.29, 1.82) is 0 Å². The minimum atomic E-state index is -1.08. The lowest BCUT2D eigenvalue weighted by Gasteiger charge is -2.08. The zero-order chi connectivity index (χ0) is 12.8. The van der Waals surface area contributed by atoms with E-state index in [9.17, 15) is 9.59 Å². The van der Waals surface area contributed by atoms with Crippen LogP contribution in [0.15, 0.2) is 18.2 Å². The smallest absolute Gasteiger partial charge is 0.339 e. The molecule has 0 aromatic heterocycles. The molecule has 0 atom stereocenters. The zero-order valence-electron chi connectivity index (χ0n) is 9.47. The maximum absolute atomic E-state index is 11.0. The second-order valence-corrected chi connectivity index (χ2v) is 3.46. The van der Waals surface area contributed by atoms with E-state index in [0.29, 0.717) is 24.3 Å². The number of aliphatic carboxylic acids is 1. The van der Waals surface area contributed by atoms with Crippen LogP contribution in [0, 0.1) is 0 Å². The first-order valence-corrected chi connectivity index (χ1v) is 5.25. The molecule has 92 valence electrons. The second-order valence-electron chi connectivity index (χ2n) is 3.46. The highest BCUT2D eigenvalue weighted by atomic mass is 16.5. The van der Waals surface area contributed by atoms with E-state index < -0.39 is 11.9 Å². The summed E-state index contributed by atoms with van der Waals surface area (Å²) in [6, 6.07) is 4.70. The molecule has 17 heavy (non-hydrogen) atoms. The van der Waals surface area contributed by atoms with Crippen molar-refractivity contribution in [2.45, 2.75) is 19.8 Å². The van der Waals surface area contributed by atoms with Crippen LogP contribution in [0.2, 0.25) is 0 Å². The van der Waals surface area contributed by atoms with E-state index in [1.807, 2.05) is 0 Å². The number of hydrogen-bond donors (Lipinski definition) is 2. The predicted molar refractivity (Wildman–Crippen MR) is 60.5 cm³/mol. The van der Waals surface area contributed by atoms with Crippen LogP contribution in [-0.4, -0.2) is 28.8 Å². The predicted octanol–water partition coefficient (Wildman–Crippen LogP) is 1.80. The summed E-state index contributed by atoms with van der Waals surface area (Å²) >= 11 is 0. The van der Waals surface area contributed by atoms with Gasteiger partial charge in [0.1, 0.15) is 11.3 Å². The Morgan fingerprint density at radius 2 is 2.00 bits per heavy atom. The normalized spacial score (nSPS) is 9.94. The highest BCUT2D eigenvalue weighted by Crippen LogP contribution is 2.21. The minimum Gasteiger partial charge on any atom is -0.493 e. The molecule has 0 unspecified atom stereocenters. The number of aromatic carboxylic acids is 1. The van der Waals surface area contributed by atoms with Crippen molar-refractivity contribution >= 4 is 11.9 Å². The second kappa shape index (κ2) is 5.89.